The first-order valence-corrected chi connectivity index (χ1v) is 7.33. The lowest BCUT2D eigenvalue weighted by Crippen LogP contribution is -2.16. The summed E-state index contributed by atoms with van der Waals surface area (Å²) in [5, 5.41) is 5.30. The molecule has 0 radical (unpaired) electrons. The quantitative estimate of drug-likeness (QED) is 0.887. The fourth-order valence-electron chi connectivity index (χ4n) is 2.02. The lowest BCUT2D eigenvalue weighted by molar-refractivity contribution is -0.116. The van der Waals surface area contributed by atoms with Crippen molar-refractivity contribution in [2.75, 3.05) is 10.6 Å². The van der Waals surface area contributed by atoms with Crippen molar-refractivity contribution in [3.63, 3.8) is 0 Å². The molecule has 2 N–H and O–H groups in total. The van der Waals surface area contributed by atoms with E-state index in [9.17, 15) is 14.0 Å². The largest absolute Gasteiger partial charge is 0.320 e. The number of anilines is 2. The maximum absolute atomic E-state index is 13.6. The predicted octanol–water partition coefficient (Wildman–Crippen LogP) is 3.52. The highest BCUT2D eigenvalue weighted by atomic mass is 19.1. The van der Waals surface area contributed by atoms with Crippen molar-refractivity contribution in [3.05, 3.63) is 53.5 Å². The molecule has 0 bridgehead atoms. The SMILES string of the molecule is CCCC(=O)Nc1cc(C)c(NC(=O)c2ccccc2F)cn1. The summed E-state index contributed by atoms with van der Waals surface area (Å²) in [7, 11) is 0. The number of carbonyl (C=O) groups excluding carboxylic acids is 2. The Balaban J connectivity index is 2.11. The van der Waals surface area contributed by atoms with Crippen LogP contribution >= 0.6 is 0 Å². The molecule has 23 heavy (non-hydrogen) atoms. The molecule has 0 aliphatic carbocycles. The molecule has 5 nitrogen and oxygen atoms in total. The molecule has 2 rings (SSSR count). The van der Waals surface area contributed by atoms with E-state index in [-0.39, 0.29) is 11.5 Å². The topological polar surface area (TPSA) is 71.1 Å². The summed E-state index contributed by atoms with van der Waals surface area (Å²) < 4.78 is 13.6. The summed E-state index contributed by atoms with van der Waals surface area (Å²) in [5.74, 6) is -0.817. The Kier molecular flexibility index (Phi) is 5.41. The first-order valence-electron chi connectivity index (χ1n) is 7.33. The number of aromatic nitrogens is 1. The third-order valence-corrected chi connectivity index (χ3v) is 3.22. The number of hydrogen-bond acceptors (Lipinski definition) is 3. The molecule has 0 spiro atoms. The third-order valence-electron chi connectivity index (χ3n) is 3.22. The molecular formula is C17H18FN3O2. The molecule has 0 saturated heterocycles. The van der Waals surface area contributed by atoms with Crippen LogP contribution in [0.5, 0.6) is 0 Å². The maximum atomic E-state index is 13.6. The molecule has 6 heteroatoms. The lowest BCUT2D eigenvalue weighted by atomic mass is 10.2. The molecule has 2 aromatic rings. The number of benzene rings is 1. The van der Waals surface area contributed by atoms with Gasteiger partial charge in [-0.1, -0.05) is 19.1 Å². The van der Waals surface area contributed by atoms with Crippen molar-refractivity contribution in [3.8, 4) is 0 Å². The summed E-state index contributed by atoms with van der Waals surface area (Å²) in [5.41, 5.74) is 1.15. The molecule has 0 atom stereocenters. The fourth-order valence-corrected chi connectivity index (χ4v) is 2.02. The van der Waals surface area contributed by atoms with Gasteiger partial charge in [0.05, 0.1) is 17.4 Å². The molecule has 0 saturated carbocycles. The van der Waals surface area contributed by atoms with Gasteiger partial charge in [0, 0.05) is 6.42 Å². The van der Waals surface area contributed by atoms with Gasteiger partial charge in [0.15, 0.2) is 0 Å². The minimum atomic E-state index is -0.584. The molecular weight excluding hydrogens is 297 g/mol. The van der Waals surface area contributed by atoms with Crippen molar-refractivity contribution in [1.82, 2.24) is 4.98 Å². The van der Waals surface area contributed by atoms with E-state index in [0.29, 0.717) is 17.9 Å². The van der Waals surface area contributed by atoms with Crippen LogP contribution in [0.3, 0.4) is 0 Å². The minimum absolute atomic E-state index is 0.0350. The molecule has 120 valence electrons. The number of carbonyl (C=O) groups is 2. The van der Waals surface area contributed by atoms with Crippen LogP contribution in [0.1, 0.15) is 35.7 Å². The Bertz CT molecular complexity index is 732. The summed E-state index contributed by atoms with van der Waals surface area (Å²) in [6, 6.07) is 7.41. The maximum Gasteiger partial charge on any atom is 0.258 e. The molecule has 1 aromatic carbocycles. The normalized spacial score (nSPS) is 10.2. The van der Waals surface area contributed by atoms with Crippen molar-refractivity contribution < 1.29 is 14.0 Å². The van der Waals surface area contributed by atoms with Gasteiger partial charge in [-0.25, -0.2) is 9.37 Å². The zero-order chi connectivity index (χ0) is 16.8. The summed E-state index contributed by atoms with van der Waals surface area (Å²) in [6.07, 6.45) is 2.61. The highest BCUT2D eigenvalue weighted by Crippen LogP contribution is 2.18. The molecule has 2 amide bonds. The molecule has 1 heterocycles. The zero-order valence-corrected chi connectivity index (χ0v) is 13.0. The van der Waals surface area contributed by atoms with Gasteiger partial charge in [-0.15, -0.1) is 0 Å². The summed E-state index contributed by atoms with van der Waals surface area (Å²) >= 11 is 0. The monoisotopic (exact) mass is 315 g/mol. The molecule has 0 fully saturated rings. The van der Waals surface area contributed by atoms with Gasteiger partial charge in [0.1, 0.15) is 11.6 Å². The number of nitrogens with one attached hydrogen (secondary N) is 2. The standard InChI is InChI=1S/C17H18FN3O2/c1-3-6-16(22)21-15-9-11(2)14(10-19-15)20-17(23)12-7-4-5-8-13(12)18/h4-5,7-10H,3,6H2,1-2H3,(H,20,23)(H,19,21,22). The second-order valence-electron chi connectivity index (χ2n) is 5.12. The van der Waals surface area contributed by atoms with E-state index in [0.717, 1.165) is 12.0 Å². The zero-order valence-electron chi connectivity index (χ0n) is 13.0. The molecule has 0 aliphatic heterocycles. The van der Waals surface area contributed by atoms with Crippen LogP contribution in [0.15, 0.2) is 36.5 Å². The van der Waals surface area contributed by atoms with Crippen LogP contribution in [0.25, 0.3) is 0 Å². The lowest BCUT2D eigenvalue weighted by Gasteiger charge is -2.10. The average Bonchev–Trinajstić information content (AvgIpc) is 2.50. The second kappa shape index (κ2) is 7.49. The van der Waals surface area contributed by atoms with Gasteiger partial charge in [-0.2, -0.15) is 0 Å². The van der Waals surface area contributed by atoms with Crippen LogP contribution < -0.4 is 10.6 Å². The van der Waals surface area contributed by atoms with E-state index in [4.69, 9.17) is 0 Å². The second-order valence-corrected chi connectivity index (χ2v) is 5.12. The van der Waals surface area contributed by atoms with Gasteiger partial charge in [-0.05, 0) is 37.1 Å². The van der Waals surface area contributed by atoms with Crippen molar-refractivity contribution in [1.29, 1.82) is 0 Å². The number of halogens is 1. The number of amides is 2. The highest BCUT2D eigenvalue weighted by molar-refractivity contribution is 6.04. The van der Waals surface area contributed by atoms with E-state index in [2.05, 4.69) is 15.6 Å². The fraction of sp³-hybridized carbons (Fsp3) is 0.235. The van der Waals surface area contributed by atoms with Gasteiger partial charge in [0.2, 0.25) is 5.91 Å². The van der Waals surface area contributed by atoms with Gasteiger partial charge < -0.3 is 10.6 Å². The van der Waals surface area contributed by atoms with Gasteiger partial charge in [-0.3, -0.25) is 9.59 Å². The number of aryl methyl sites for hydroxylation is 1. The van der Waals surface area contributed by atoms with Gasteiger partial charge in [0.25, 0.3) is 5.91 Å². The van der Waals surface area contributed by atoms with Crippen molar-refractivity contribution >= 4 is 23.3 Å². The number of pyridine rings is 1. The summed E-state index contributed by atoms with van der Waals surface area (Å²) in [6.45, 7) is 3.69. The van der Waals surface area contributed by atoms with Crippen LogP contribution in [-0.2, 0) is 4.79 Å². The Morgan fingerprint density at radius 2 is 1.96 bits per heavy atom. The van der Waals surface area contributed by atoms with Crippen LogP contribution in [0, 0.1) is 12.7 Å². The predicted molar refractivity (Wildman–Crippen MR) is 86.9 cm³/mol. The third kappa shape index (κ3) is 4.35. The molecule has 0 unspecified atom stereocenters. The molecule has 0 aliphatic rings. The number of nitrogens with zero attached hydrogens (tertiary/aromatic N) is 1. The first-order chi connectivity index (χ1) is 11.0. The Morgan fingerprint density at radius 1 is 1.22 bits per heavy atom. The minimum Gasteiger partial charge on any atom is -0.320 e. The van der Waals surface area contributed by atoms with E-state index in [1.807, 2.05) is 6.92 Å². The van der Waals surface area contributed by atoms with E-state index >= 15 is 0 Å². The Morgan fingerprint density at radius 3 is 2.61 bits per heavy atom. The smallest absolute Gasteiger partial charge is 0.258 e. The van der Waals surface area contributed by atoms with Crippen molar-refractivity contribution in [2.24, 2.45) is 0 Å². The Hall–Kier alpha value is -2.76. The summed E-state index contributed by atoms with van der Waals surface area (Å²) in [4.78, 5) is 27.7. The van der Waals surface area contributed by atoms with E-state index in [1.165, 1.54) is 24.4 Å². The first kappa shape index (κ1) is 16.6. The van der Waals surface area contributed by atoms with E-state index in [1.54, 1.807) is 19.1 Å². The number of rotatable bonds is 5. The Labute approximate surface area is 133 Å². The number of hydrogen-bond donors (Lipinski definition) is 2. The molecule has 1 aromatic heterocycles. The van der Waals surface area contributed by atoms with Crippen LogP contribution in [0.4, 0.5) is 15.9 Å². The van der Waals surface area contributed by atoms with Crippen molar-refractivity contribution in [2.45, 2.75) is 26.7 Å². The highest BCUT2D eigenvalue weighted by Gasteiger charge is 2.13. The average molecular weight is 315 g/mol. The van der Waals surface area contributed by atoms with Crippen LogP contribution in [0.2, 0.25) is 0 Å². The van der Waals surface area contributed by atoms with Crippen LogP contribution in [-0.4, -0.2) is 16.8 Å². The van der Waals surface area contributed by atoms with Gasteiger partial charge >= 0.3 is 0 Å². The van der Waals surface area contributed by atoms with E-state index < -0.39 is 11.7 Å².